The highest BCUT2D eigenvalue weighted by Crippen LogP contribution is 2.34. The van der Waals surface area contributed by atoms with Crippen LogP contribution in [0.1, 0.15) is 5.56 Å². The molecule has 0 bridgehead atoms. The highest BCUT2D eigenvalue weighted by atomic mass is 79.9. The Morgan fingerprint density at radius 3 is 2.39 bits per heavy atom. The van der Waals surface area contributed by atoms with Crippen molar-refractivity contribution in [2.45, 2.75) is 6.92 Å². The van der Waals surface area contributed by atoms with Crippen molar-refractivity contribution in [1.29, 1.82) is 0 Å². The summed E-state index contributed by atoms with van der Waals surface area (Å²) in [6, 6.07) is 5.71. The fourth-order valence-corrected chi connectivity index (χ4v) is 2.05. The Hall–Kier alpha value is -1.62. The maximum Gasteiger partial charge on any atom is 0.197 e. The number of benzene rings is 1. The number of rotatable bonds is 3. The summed E-state index contributed by atoms with van der Waals surface area (Å²) in [4.78, 5) is 8.37. The van der Waals surface area contributed by atoms with Gasteiger partial charge in [0.2, 0.25) is 0 Å². The van der Waals surface area contributed by atoms with Gasteiger partial charge in [0.05, 0.1) is 19.9 Å². The lowest BCUT2D eigenvalue weighted by Crippen LogP contribution is -1.95. The number of halogens is 1. The number of ether oxygens (including phenoxy) is 2. The number of aromatic nitrogens is 2. The number of nitrogens with zero attached hydrogens (tertiary/aromatic N) is 2. The zero-order chi connectivity index (χ0) is 13.1. The monoisotopic (exact) mass is 308 g/mol. The first-order chi connectivity index (χ1) is 8.65. The third-order valence-corrected chi connectivity index (χ3v) is 3.01. The van der Waals surface area contributed by atoms with Crippen LogP contribution in [0.5, 0.6) is 11.5 Å². The third kappa shape index (κ3) is 2.46. The quantitative estimate of drug-likeness (QED) is 0.817. The van der Waals surface area contributed by atoms with Crippen LogP contribution in [0.15, 0.2) is 29.1 Å². The second-order valence-electron chi connectivity index (χ2n) is 3.73. The van der Waals surface area contributed by atoms with Crippen molar-refractivity contribution in [1.82, 2.24) is 9.97 Å². The van der Waals surface area contributed by atoms with E-state index in [-0.39, 0.29) is 0 Å². The van der Waals surface area contributed by atoms with Gasteiger partial charge in [-0.2, -0.15) is 0 Å². The molecule has 0 radical (unpaired) electrons. The lowest BCUT2D eigenvalue weighted by molar-refractivity contribution is 0.355. The first-order valence-electron chi connectivity index (χ1n) is 5.37. The second-order valence-corrected chi connectivity index (χ2v) is 4.44. The Bertz CT molecular complexity index is 573. The molecule has 0 aliphatic carbocycles. The normalized spacial score (nSPS) is 10.2. The lowest BCUT2D eigenvalue weighted by Gasteiger charge is -2.12. The van der Waals surface area contributed by atoms with E-state index in [2.05, 4.69) is 25.9 Å². The molecule has 0 aliphatic heterocycles. The SMILES string of the molecule is COc1cc(C)c(-c2ccnc(Br)n2)cc1OC. The number of aryl methyl sites for hydroxylation is 1. The second kappa shape index (κ2) is 5.35. The van der Waals surface area contributed by atoms with Crippen molar-refractivity contribution < 1.29 is 9.47 Å². The van der Waals surface area contributed by atoms with E-state index >= 15 is 0 Å². The fraction of sp³-hybridized carbons (Fsp3) is 0.231. The van der Waals surface area contributed by atoms with Gasteiger partial charge >= 0.3 is 0 Å². The summed E-state index contributed by atoms with van der Waals surface area (Å²) in [5.41, 5.74) is 2.91. The summed E-state index contributed by atoms with van der Waals surface area (Å²) in [5.74, 6) is 1.40. The van der Waals surface area contributed by atoms with Gasteiger partial charge in [-0.05, 0) is 46.6 Å². The van der Waals surface area contributed by atoms with Crippen LogP contribution in [0.2, 0.25) is 0 Å². The molecule has 0 saturated carbocycles. The predicted molar refractivity (Wildman–Crippen MR) is 73.0 cm³/mol. The van der Waals surface area contributed by atoms with E-state index in [0.717, 1.165) is 16.8 Å². The van der Waals surface area contributed by atoms with E-state index in [1.54, 1.807) is 20.4 Å². The molecule has 94 valence electrons. The first-order valence-corrected chi connectivity index (χ1v) is 6.16. The molecule has 0 N–H and O–H groups in total. The van der Waals surface area contributed by atoms with Crippen LogP contribution >= 0.6 is 15.9 Å². The van der Waals surface area contributed by atoms with Gasteiger partial charge in [-0.3, -0.25) is 0 Å². The number of hydrogen-bond donors (Lipinski definition) is 0. The molecule has 18 heavy (non-hydrogen) atoms. The van der Waals surface area contributed by atoms with E-state index in [0.29, 0.717) is 16.2 Å². The smallest absolute Gasteiger partial charge is 0.197 e. The van der Waals surface area contributed by atoms with Crippen LogP contribution < -0.4 is 9.47 Å². The molecular formula is C13H13BrN2O2. The summed E-state index contributed by atoms with van der Waals surface area (Å²) in [7, 11) is 3.24. The zero-order valence-corrected chi connectivity index (χ0v) is 12.0. The maximum atomic E-state index is 5.30. The summed E-state index contributed by atoms with van der Waals surface area (Å²) in [6.45, 7) is 2.01. The highest BCUT2D eigenvalue weighted by molar-refractivity contribution is 9.10. The molecule has 5 heteroatoms. The standard InChI is InChI=1S/C13H13BrN2O2/c1-8-6-11(17-2)12(18-3)7-9(8)10-4-5-15-13(14)16-10/h4-7H,1-3H3. The molecule has 0 saturated heterocycles. The van der Waals surface area contributed by atoms with Gasteiger partial charge in [0.1, 0.15) is 0 Å². The van der Waals surface area contributed by atoms with Gasteiger partial charge in [0.15, 0.2) is 16.2 Å². The minimum atomic E-state index is 0.564. The molecule has 0 spiro atoms. The topological polar surface area (TPSA) is 44.2 Å². The Balaban J connectivity index is 2.57. The van der Waals surface area contributed by atoms with Crippen LogP contribution in [0.4, 0.5) is 0 Å². The zero-order valence-electron chi connectivity index (χ0n) is 10.4. The predicted octanol–water partition coefficient (Wildman–Crippen LogP) is 3.23. The van der Waals surface area contributed by atoms with E-state index in [1.807, 2.05) is 25.1 Å². The summed E-state index contributed by atoms with van der Waals surface area (Å²) in [5, 5.41) is 0. The molecule has 4 nitrogen and oxygen atoms in total. The third-order valence-electron chi connectivity index (χ3n) is 2.63. The van der Waals surface area contributed by atoms with Crippen LogP contribution in [-0.2, 0) is 0 Å². The minimum absolute atomic E-state index is 0.564. The van der Waals surface area contributed by atoms with Crippen molar-refractivity contribution in [3.63, 3.8) is 0 Å². The van der Waals surface area contributed by atoms with Gasteiger partial charge in [-0.15, -0.1) is 0 Å². The largest absolute Gasteiger partial charge is 0.493 e. The van der Waals surface area contributed by atoms with Gasteiger partial charge < -0.3 is 9.47 Å². The Kier molecular flexibility index (Phi) is 3.81. The minimum Gasteiger partial charge on any atom is -0.493 e. The average Bonchev–Trinajstić information content (AvgIpc) is 2.38. The van der Waals surface area contributed by atoms with Gasteiger partial charge in [-0.25, -0.2) is 9.97 Å². The van der Waals surface area contributed by atoms with Crippen molar-refractivity contribution in [3.05, 3.63) is 34.7 Å². The summed E-state index contributed by atoms with van der Waals surface area (Å²) in [6.07, 6.45) is 1.71. The van der Waals surface area contributed by atoms with Gasteiger partial charge in [-0.1, -0.05) is 0 Å². The van der Waals surface area contributed by atoms with Gasteiger partial charge in [0.25, 0.3) is 0 Å². The fourth-order valence-electron chi connectivity index (χ4n) is 1.74. The van der Waals surface area contributed by atoms with Crippen molar-refractivity contribution in [2.24, 2.45) is 0 Å². The molecule has 1 aromatic carbocycles. The van der Waals surface area contributed by atoms with E-state index in [1.165, 1.54) is 0 Å². The van der Waals surface area contributed by atoms with Crippen LogP contribution in [0.25, 0.3) is 11.3 Å². The lowest BCUT2D eigenvalue weighted by atomic mass is 10.0. The molecule has 1 aromatic heterocycles. The Morgan fingerprint density at radius 2 is 1.78 bits per heavy atom. The average molecular weight is 309 g/mol. The first kappa shape index (κ1) is 12.8. The molecule has 1 heterocycles. The summed E-state index contributed by atoms with van der Waals surface area (Å²) >= 11 is 3.27. The Labute approximate surface area is 114 Å². The molecule has 0 amide bonds. The van der Waals surface area contributed by atoms with Crippen LogP contribution in [0.3, 0.4) is 0 Å². The molecular weight excluding hydrogens is 296 g/mol. The van der Waals surface area contributed by atoms with E-state index < -0.39 is 0 Å². The van der Waals surface area contributed by atoms with E-state index in [9.17, 15) is 0 Å². The van der Waals surface area contributed by atoms with E-state index in [4.69, 9.17) is 9.47 Å². The van der Waals surface area contributed by atoms with Crippen molar-refractivity contribution in [3.8, 4) is 22.8 Å². The summed E-state index contributed by atoms with van der Waals surface area (Å²) < 4.78 is 11.1. The highest BCUT2D eigenvalue weighted by Gasteiger charge is 2.11. The molecule has 0 unspecified atom stereocenters. The van der Waals surface area contributed by atoms with Gasteiger partial charge in [0, 0.05) is 11.8 Å². The molecule has 0 fully saturated rings. The molecule has 0 aliphatic rings. The van der Waals surface area contributed by atoms with Crippen LogP contribution in [0, 0.1) is 6.92 Å². The maximum absolute atomic E-state index is 5.30. The number of methoxy groups -OCH3 is 2. The number of hydrogen-bond acceptors (Lipinski definition) is 4. The van der Waals surface area contributed by atoms with Crippen LogP contribution in [-0.4, -0.2) is 24.2 Å². The van der Waals surface area contributed by atoms with Crippen molar-refractivity contribution >= 4 is 15.9 Å². The molecule has 2 aromatic rings. The Morgan fingerprint density at radius 1 is 1.11 bits per heavy atom. The molecule has 0 atom stereocenters. The molecule has 2 rings (SSSR count). The van der Waals surface area contributed by atoms with Crippen molar-refractivity contribution in [2.75, 3.05) is 14.2 Å².